The van der Waals surface area contributed by atoms with Crippen LogP contribution in [-0.2, 0) is 10.8 Å². The zero-order chi connectivity index (χ0) is 19.5. The van der Waals surface area contributed by atoms with Gasteiger partial charge in [0.25, 0.3) is 0 Å². The Balaban J connectivity index is 0.000000190. The SMILES string of the molecule is CC(C)(C)c1ccc(Cl)c(Cl)c1.CC(C)(C)c1ccc2ccccc2c1. The van der Waals surface area contributed by atoms with E-state index in [1.807, 2.05) is 18.2 Å². The maximum absolute atomic E-state index is 5.89. The lowest BCUT2D eigenvalue weighted by molar-refractivity contribution is 0.590. The molecule has 0 nitrogen and oxygen atoms in total. The Morgan fingerprint density at radius 2 is 1.04 bits per heavy atom. The molecule has 0 amide bonds. The highest BCUT2D eigenvalue weighted by molar-refractivity contribution is 6.42. The van der Waals surface area contributed by atoms with Crippen molar-refractivity contribution in [3.8, 4) is 0 Å². The van der Waals surface area contributed by atoms with E-state index in [1.165, 1.54) is 21.9 Å². The van der Waals surface area contributed by atoms with Crippen molar-refractivity contribution < 1.29 is 0 Å². The molecule has 0 aliphatic carbocycles. The maximum Gasteiger partial charge on any atom is 0.0595 e. The van der Waals surface area contributed by atoms with Crippen LogP contribution in [0, 0.1) is 0 Å². The topological polar surface area (TPSA) is 0 Å². The van der Waals surface area contributed by atoms with Gasteiger partial charge in [-0.25, -0.2) is 0 Å². The van der Waals surface area contributed by atoms with E-state index in [0.29, 0.717) is 10.0 Å². The molecule has 3 aromatic rings. The second kappa shape index (κ2) is 8.03. The highest BCUT2D eigenvalue weighted by Crippen LogP contribution is 2.29. The zero-order valence-electron chi connectivity index (χ0n) is 16.5. The van der Waals surface area contributed by atoms with Crippen molar-refractivity contribution in [2.75, 3.05) is 0 Å². The second-order valence-electron chi connectivity index (χ2n) is 8.69. The lowest BCUT2D eigenvalue weighted by atomic mass is 9.86. The Morgan fingerprint density at radius 1 is 0.538 bits per heavy atom. The number of rotatable bonds is 0. The molecule has 2 heteroatoms. The van der Waals surface area contributed by atoms with Crippen molar-refractivity contribution in [3.05, 3.63) is 81.8 Å². The molecular formula is C24H28Cl2. The van der Waals surface area contributed by atoms with Crippen molar-refractivity contribution >= 4 is 34.0 Å². The van der Waals surface area contributed by atoms with Gasteiger partial charge in [-0.3, -0.25) is 0 Å². The summed E-state index contributed by atoms with van der Waals surface area (Å²) >= 11 is 11.7. The molecule has 0 unspecified atom stereocenters. The van der Waals surface area contributed by atoms with Gasteiger partial charge in [0.2, 0.25) is 0 Å². The highest BCUT2D eigenvalue weighted by Gasteiger charge is 2.14. The number of fused-ring (bicyclic) bond motifs is 1. The molecule has 3 rings (SSSR count). The maximum atomic E-state index is 5.89. The highest BCUT2D eigenvalue weighted by atomic mass is 35.5. The van der Waals surface area contributed by atoms with Gasteiger partial charge in [0.1, 0.15) is 0 Å². The Bertz CT molecular complexity index is 881. The molecule has 26 heavy (non-hydrogen) atoms. The fourth-order valence-electron chi connectivity index (χ4n) is 2.62. The molecule has 0 saturated carbocycles. The fraction of sp³-hybridized carbons (Fsp3) is 0.333. The average molecular weight is 387 g/mol. The number of benzene rings is 3. The molecule has 0 spiro atoms. The van der Waals surface area contributed by atoms with Crippen molar-refractivity contribution in [2.24, 2.45) is 0 Å². The van der Waals surface area contributed by atoms with E-state index in [-0.39, 0.29) is 10.8 Å². The summed E-state index contributed by atoms with van der Waals surface area (Å²) in [6.45, 7) is 13.2. The molecule has 0 aromatic heterocycles. The van der Waals surface area contributed by atoms with E-state index in [2.05, 4.69) is 84.0 Å². The van der Waals surface area contributed by atoms with Gasteiger partial charge < -0.3 is 0 Å². The van der Waals surface area contributed by atoms with Crippen LogP contribution in [0.4, 0.5) is 0 Å². The van der Waals surface area contributed by atoms with E-state index in [0.717, 1.165) is 0 Å². The first kappa shape index (κ1) is 20.8. The van der Waals surface area contributed by atoms with Crippen molar-refractivity contribution in [2.45, 2.75) is 52.4 Å². The molecule has 138 valence electrons. The van der Waals surface area contributed by atoms with Gasteiger partial charge in [-0.15, -0.1) is 0 Å². The minimum Gasteiger partial charge on any atom is -0.0827 e. The smallest absolute Gasteiger partial charge is 0.0595 e. The molecule has 0 saturated heterocycles. The molecule has 0 N–H and O–H groups in total. The summed E-state index contributed by atoms with van der Waals surface area (Å²) in [7, 11) is 0. The molecule has 0 aliphatic heterocycles. The monoisotopic (exact) mass is 386 g/mol. The van der Waals surface area contributed by atoms with Gasteiger partial charge in [0.15, 0.2) is 0 Å². The summed E-state index contributed by atoms with van der Waals surface area (Å²) < 4.78 is 0. The Morgan fingerprint density at radius 3 is 1.58 bits per heavy atom. The molecule has 0 atom stereocenters. The Hall–Kier alpha value is -1.50. The summed E-state index contributed by atoms with van der Waals surface area (Å²) in [4.78, 5) is 0. The molecule has 0 heterocycles. The summed E-state index contributed by atoms with van der Waals surface area (Å²) in [6, 6.07) is 21.0. The van der Waals surface area contributed by atoms with Crippen LogP contribution in [0.15, 0.2) is 60.7 Å². The van der Waals surface area contributed by atoms with Crippen molar-refractivity contribution in [1.29, 1.82) is 0 Å². The number of hydrogen-bond acceptors (Lipinski definition) is 0. The molecule has 0 bridgehead atoms. The number of hydrogen-bond donors (Lipinski definition) is 0. The summed E-state index contributed by atoms with van der Waals surface area (Å²) in [5.41, 5.74) is 2.98. The van der Waals surface area contributed by atoms with Gasteiger partial charge in [0, 0.05) is 0 Å². The molecule has 0 aliphatic rings. The van der Waals surface area contributed by atoms with Crippen LogP contribution in [-0.4, -0.2) is 0 Å². The van der Waals surface area contributed by atoms with Crippen molar-refractivity contribution in [3.63, 3.8) is 0 Å². The van der Waals surface area contributed by atoms with Crippen LogP contribution in [0.5, 0.6) is 0 Å². The fourth-order valence-corrected chi connectivity index (χ4v) is 2.92. The van der Waals surface area contributed by atoms with Crippen LogP contribution >= 0.6 is 23.2 Å². The Labute approximate surface area is 168 Å². The molecular weight excluding hydrogens is 359 g/mol. The van der Waals surface area contributed by atoms with E-state index in [4.69, 9.17) is 23.2 Å². The third-order valence-corrected chi connectivity index (χ3v) is 5.14. The summed E-state index contributed by atoms with van der Waals surface area (Å²) in [5, 5.41) is 3.90. The first-order valence-corrected chi connectivity index (χ1v) is 9.69. The van der Waals surface area contributed by atoms with Gasteiger partial charge in [-0.05, 0) is 44.9 Å². The lowest BCUT2D eigenvalue weighted by Gasteiger charge is -2.19. The van der Waals surface area contributed by atoms with Crippen LogP contribution in [0.3, 0.4) is 0 Å². The van der Waals surface area contributed by atoms with Gasteiger partial charge in [-0.1, -0.05) is 113 Å². The van der Waals surface area contributed by atoms with Crippen LogP contribution in [0.1, 0.15) is 52.7 Å². The standard InChI is InChI=1S/C14H16.C10H12Cl2/c1-14(2,3)13-9-8-11-6-4-5-7-12(11)10-13;1-10(2,3)7-4-5-8(11)9(12)6-7/h4-10H,1-3H3;4-6H,1-3H3. The molecule has 0 radical (unpaired) electrons. The molecule has 3 aromatic carbocycles. The predicted octanol–water partition coefficient (Wildman–Crippen LogP) is 8.43. The number of halogens is 2. The molecule has 0 fully saturated rings. The lowest BCUT2D eigenvalue weighted by Crippen LogP contribution is -2.10. The first-order chi connectivity index (χ1) is 12.0. The largest absolute Gasteiger partial charge is 0.0827 e. The third kappa shape index (κ3) is 5.50. The van der Waals surface area contributed by atoms with Gasteiger partial charge in [-0.2, -0.15) is 0 Å². The minimum atomic E-state index is 0.133. The average Bonchev–Trinajstić information content (AvgIpc) is 2.56. The minimum absolute atomic E-state index is 0.133. The van der Waals surface area contributed by atoms with Crippen LogP contribution in [0.2, 0.25) is 10.0 Å². The second-order valence-corrected chi connectivity index (χ2v) is 9.51. The predicted molar refractivity (Wildman–Crippen MR) is 118 cm³/mol. The summed E-state index contributed by atoms with van der Waals surface area (Å²) in [5.74, 6) is 0. The van der Waals surface area contributed by atoms with E-state index in [9.17, 15) is 0 Å². The Kier molecular flexibility index (Phi) is 6.42. The third-order valence-electron chi connectivity index (χ3n) is 4.40. The van der Waals surface area contributed by atoms with E-state index in [1.54, 1.807) is 0 Å². The van der Waals surface area contributed by atoms with E-state index >= 15 is 0 Å². The summed E-state index contributed by atoms with van der Waals surface area (Å²) in [6.07, 6.45) is 0. The quantitative estimate of drug-likeness (QED) is 0.363. The van der Waals surface area contributed by atoms with Crippen LogP contribution in [0.25, 0.3) is 10.8 Å². The van der Waals surface area contributed by atoms with Crippen molar-refractivity contribution in [1.82, 2.24) is 0 Å². The van der Waals surface area contributed by atoms with Gasteiger partial charge in [0.05, 0.1) is 10.0 Å². The van der Waals surface area contributed by atoms with E-state index < -0.39 is 0 Å². The normalized spacial score (nSPS) is 11.8. The zero-order valence-corrected chi connectivity index (χ0v) is 18.0. The van der Waals surface area contributed by atoms with Gasteiger partial charge >= 0.3 is 0 Å². The first-order valence-electron chi connectivity index (χ1n) is 8.93. The van der Waals surface area contributed by atoms with Crippen LogP contribution < -0.4 is 0 Å².